The lowest BCUT2D eigenvalue weighted by Gasteiger charge is -2.20. The highest BCUT2D eigenvalue weighted by molar-refractivity contribution is 5.26. The van der Waals surface area contributed by atoms with Crippen LogP contribution in [-0.2, 0) is 13.0 Å². The first-order valence-electron chi connectivity index (χ1n) is 6.09. The second kappa shape index (κ2) is 6.66. The summed E-state index contributed by atoms with van der Waals surface area (Å²) < 4.78 is 0. The summed E-state index contributed by atoms with van der Waals surface area (Å²) >= 11 is 0. The van der Waals surface area contributed by atoms with Crippen molar-refractivity contribution in [1.29, 1.82) is 0 Å². The predicted molar refractivity (Wildman–Crippen MR) is 70.7 cm³/mol. The Labute approximate surface area is 99.7 Å². The minimum absolute atomic E-state index is 0.578. The molecule has 0 saturated carbocycles. The monoisotopic (exact) mass is 220 g/mol. The van der Waals surface area contributed by atoms with Gasteiger partial charge in [-0.2, -0.15) is 0 Å². The van der Waals surface area contributed by atoms with E-state index in [2.05, 4.69) is 62.4 Å². The molecule has 0 saturated heterocycles. The second-order valence-corrected chi connectivity index (χ2v) is 4.57. The number of hydrogen-bond donors (Lipinski definition) is 1. The molecule has 1 rings (SSSR count). The van der Waals surface area contributed by atoms with Crippen LogP contribution in [0.3, 0.4) is 0 Å². The molecule has 0 amide bonds. The van der Waals surface area contributed by atoms with Gasteiger partial charge in [0.05, 0.1) is 0 Å². The van der Waals surface area contributed by atoms with Crippen LogP contribution in [0, 0.1) is 0 Å². The largest absolute Gasteiger partial charge is 0.311 e. The molecular formula is C14H24N2. The molecule has 2 nitrogen and oxygen atoms in total. The zero-order valence-electron chi connectivity index (χ0n) is 11.0. The summed E-state index contributed by atoms with van der Waals surface area (Å²) in [5, 5.41) is 3.52. The number of hydrogen-bond acceptors (Lipinski definition) is 2. The zero-order chi connectivity index (χ0) is 12.0. The Morgan fingerprint density at radius 3 is 2.38 bits per heavy atom. The molecule has 0 bridgehead atoms. The van der Waals surface area contributed by atoms with E-state index in [1.54, 1.807) is 0 Å². The lowest BCUT2D eigenvalue weighted by Crippen LogP contribution is -2.35. The Kier molecular flexibility index (Phi) is 5.50. The number of nitrogens with one attached hydrogen (secondary N) is 1. The van der Waals surface area contributed by atoms with E-state index in [1.807, 2.05) is 0 Å². The van der Waals surface area contributed by atoms with Crippen molar-refractivity contribution in [3.63, 3.8) is 0 Å². The molecule has 1 aromatic rings. The SMILES string of the molecule is CCc1ccccc1CNCC(C)N(C)C. The van der Waals surface area contributed by atoms with Crippen molar-refractivity contribution in [2.24, 2.45) is 0 Å². The highest BCUT2D eigenvalue weighted by Gasteiger charge is 2.04. The van der Waals surface area contributed by atoms with Crippen molar-refractivity contribution < 1.29 is 0 Å². The van der Waals surface area contributed by atoms with Crippen LogP contribution in [0.15, 0.2) is 24.3 Å². The van der Waals surface area contributed by atoms with Gasteiger partial charge in [-0.05, 0) is 38.6 Å². The molecule has 0 aromatic heterocycles. The van der Waals surface area contributed by atoms with Crippen LogP contribution in [-0.4, -0.2) is 31.6 Å². The van der Waals surface area contributed by atoms with Gasteiger partial charge in [-0.25, -0.2) is 0 Å². The minimum atomic E-state index is 0.578. The third-order valence-electron chi connectivity index (χ3n) is 3.14. The van der Waals surface area contributed by atoms with Gasteiger partial charge < -0.3 is 10.2 Å². The van der Waals surface area contributed by atoms with Crippen LogP contribution in [0.5, 0.6) is 0 Å². The van der Waals surface area contributed by atoms with Crippen molar-refractivity contribution in [2.75, 3.05) is 20.6 Å². The van der Waals surface area contributed by atoms with E-state index in [0.29, 0.717) is 6.04 Å². The Bertz CT molecular complexity index is 307. The van der Waals surface area contributed by atoms with E-state index in [1.165, 1.54) is 11.1 Å². The van der Waals surface area contributed by atoms with Crippen molar-refractivity contribution in [3.05, 3.63) is 35.4 Å². The van der Waals surface area contributed by atoms with Gasteiger partial charge in [0, 0.05) is 19.1 Å². The fourth-order valence-electron chi connectivity index (χ4n) is 1.67. The minimum Gasteiger partial charge on any atom is -0.311 e. The zero-order valence-corrected chi connectivity index (χ0v) is 11.0. The average molecular weight is 220 g/mol. The van der Waals surface area contributed by atoms with Gasteiger partial charge in [0.15, 0.2) is 0 Å². The molecule has 0 aliphatic rings. The molecule has 0 spiro atoms. The summed E-state index contributed by atoms with van der Waals surface area (Å²) in [7, 11) is 4.23. The van der Waals surface area contributed by atoms with Crippen molar-refractivity contribution >= 4 is 0 Å². The van der Waals surface area contributed by atoms with Crippen LogP contribution >= 0.6 is 0 Å². The maximum atomic E-state index is 3.52. The van der Waals surface area contributed by atoms with E-state index < -0.39 is 0 Å². The normalized spacial score (nSPS) is 13.1. The van der Waals surface area contributed by atoms with Crippen molar-refractivity contribution in [3.8, 4) is 0 Å². The third-order valence-corrected chi connectivity index (χ3v) is 3.14. The highest BCUT2D eigenvalue weighted by atomic mass is 15.1. The summed E-state index contributed by atoms with van der Waals surface area (Å²) in [5.74, 6) is 0. The van der Waals surface area contributed by atoms with E-state index in [-0.39, 0.29) is 0 Å². The fourth-order valence-corrected chi connectivity index (χ4v) is 1.67. The fraction of sp³-hybridized carbons (Fsp3) is 0.571. The number of nitrogens with zero attached hydrogens (tertiary/aromatic N) is 1. The number of benzene rings is 1. The van der Waals surface area contributed by atoms with Crippen LogP contribution in [0.25, 0.3) is 0 Å². The van der Waals surface area contributed by atoms with Gasteiger partial charge in [0.2, 0.25) is 0 Å². The average Bonchev–Trinajstić information content (AvgIpc) is 2.29. The molecule has 1 aromatic carbocycles. The molecular weight excluding hydrogens is 196 g/mol. The standard InChI is InChI=1S/C14H24N2/c1-5-13-8-6-7-9-14(13)11-15-10-12(2)16(3)4/h6-9,12,15H,5,10-11H2,1-4H3. The summed E-state index contributed by atoms with van der Waals surface area (Å²) in [6.45, 7) is 6.45. The van der Waals surface area contributed by atoms with E-state index >= 15 is 0 Å². The van der Waals surface area contributed by atoms with Gasteiger partial charge in [0.1, 0.15) is 0 Å². The quantitative estimate of drug-likeness (QED) is 0.791. The predicted octanol–water partition coefficient (Wildman–Crippen LogP) is 2.29. The molecule has 1 unspecified atom stereocenters. The van der Waals surface area contributed by atoms with Crippen molar-refractivity contribution in [1.82, 2.24) is 10.2 Å². The summed E-state index contributed by atoms with van der Waals surface area (Å²) in [4.78, 5) is 2.23. The first-order chi connectivity index (χ1) is 7.65. The van der Waals surface area contributed by atoms with Gasteiger partial charge in [-0.1, -0.05) is 31.2 Å². The van der Waals surface area contributed by atoms with Gasteiger partial charge in [-0.3, -0.25) is 0 Å². The first kappa shape index (κ1) is 13.2. The van der Waals surface area contributed by atoms with Gasteiger partial charge in [0.25, 0.3) is 0 Å². The summed E-state index contributed by atoms with van der Waals surface area (Å²) in [5.41, 5.74) is 2.88. The molecule has 0 aliphatic heterocycles. The first-order valence-corrected chi connectivity index (χ1v) is 6.09. The van der Waals surface area contributed by atoms with E-state index in [4.69, 9.17) is 0 Å². The topological polar surface area (TPSA) is 15.3 Å². The van der Waals surface area contributed by atoms with Crippen LogP contribution < -0.4 is 5.32 Å². The maximum Gasteiger partial charge on any atom is 0.0208 e. The Balaban J connectivity index is 2.42. The molecule has 1 N–H and O–H groups in total. The second-order valence-electron chi connectivity index (χ2n) is 4.57. The Hall–Kier alpha value is -0.860. The molecule has 0 radical (unpaired) electrons. The lowest BCUT2D eigenvalue weighted by molar-refractivity contribution is 0.302. The van der Waals surface area contributed by atoms with Crippen LogP contribution in [0.1, 0.15) is 25.0 Å². The smallest absolute Gasteiger partial charge is 0.0208 e. The highest BCUT2D eigenvalue weighted by Crippen LogP contribution is 2.08. The summed E-state index contributed by atoms with van der Waals surface area (Å²) in [6.07, 6.45) is 1.11. The van der Waals surface area contributed by atoms with E-state index in [0.717, 1.165) is 19.5 Å². The molecule has 16 heavy (non-hydrogen) atoms. The number of aryl methyl sites for hydroxylation is 1. The number of rotatable bonds is 6. The molecule has 0 fully saturated rings. The Morgan fingerprint density at radius 2 is 1.81 bits per heavy atom. The summed E-state index contributed by atoms with van der Waals surface area (Å²) in [6, 6.07) is 9.24. The Morgan fingerprint density at radius 1 is 1.19 bits per heavy atom. The van der Waals surface area contributed by atoms with E-state index in [9.17, 15) is 0 Å². The molecule has 0 heterocycles. The molecule has 1 atom stereocenters. The number of likely N-dealkylation sites (N-methyl/N-ethyl adjacent to an activating group) is 1. The molecule has 0 aliphatic carbocycles. The molecule has 2 heteroatoms. The third kappa shape index (κ3) is 3.95. The maximum absolute atomic E-state index is 3.52. The van der Waals surface area contributed by atoms with Gasteiger partial charge >= 0.3 is 0 Å². The van der Waals surface area contributed by atoms with Crippen LogP contribution in [0.4, 0.5) is 0 Å². The lowest BCUT2D eigenvalue weighted by atomic mass is 10.1. The molecule has 90 valence electrons. The van der Waals surface area contributed by atoms with Crippen molar-refractivity contribution in [2.45, 2.75) is 32.9 Å². The van der Waals surface area contributed by atoms with Gasteiger partial charge in [-0.15, -0.1) is 0 Å². The van der Waals surface area contributed by atoms with Crippen LogP contribution in [0.2, 0.25) is 0 Å².